The highest BCUT2D eigenvalue weighted by Gasteiger charge is 2.32. The summed E-state index contributed by atoms with van der Waals surface area (Å²) in [7, 11) is 0. The highest BCUT2D eigenvalue weighted by Crippen LogP contribution is 2.21. The fourth-order valence-electron chi connectivity index (χ4n) is 6.76. The molecule has 54 heavy (non-hydrogen) atoms. The number of carboxylic acid groups (broad SMARTS) is 2. The van der Waals surface area contributed by atoms with Gasteiger partial charge in [0.2, 0.25) is 11.8 Å². The van der Waals surface area contributed by atoms with Crippen LogP contribution >= 0.6 is 23.2 Å². The van der Waals surface area contributed by atoms with Crippen LogP contribution in [0.2, 0.25) is 10.0 Å². The average Bonchev–Trinajstić information content (AvgIpc) is 3.19. The molecule has 10 nitrogen and oxygen atoms in total. The number of morpholine rings is 1. The smallest absolute Gasteiger partial charge is 0.316 e. The maximum atomic E-state index is 12.8. The van der Waals surface area contributed by atoms with E-state index in [1.807, 2.05) is 66.7 Å². The number of carbonyl (C=O) groups is 4. The molecule has 2 aliphatic rings. The molecule has 0 spiro atoms. The third kappa shape index (κ3) is 14.3. The summed E-state index contributed by atoms with van der Waals surface area (Å²) in [4.78, 5) is 53.8. The van der Waals surface area contributed by atoms with Gasteiger partial charge in [0.1, 0.15) is 11.8 Å². The van der Waals surface area contributed by atoms with Crippen molar-refractivity contribution in [1.29, 1.82) is 0 Å². The van der Waals surface area contributed by atoms with Crippen molar-refractivity contribution in [3.63, 3.8) is 0 Å². The lowest BCUT2D eigenvalue weighted by atomic mass is 9.98. The van der Waals surface area contributed by atoms with Crippen LogP contribution in [0.3, 0.4) is 0 Å². The first-order valence-corrected chi connectivity index (χ1v) is 19.8. The lowest BCUT2D eigenvalue weighted by molar-refractivity contribution is -0.154. The summed E-state index contributed by atoms with van der Waals surface area (Å²) in [6, 6.07) is 25.6. The van der Waals surface area contributed by atoms with Gasteiger partial charge in [-0.15, -0.1) is 0 Å². The number of piperazine rings is 1. The zero-order valence-electron chi connectivity index (χ0n) is 30.9. The van der Waals surface area contributed by atoms with Gasteiger partial charge < -0.3 is 29.6 Å². The molecule has 2 aliphatic heterocycles. The van der Waals surface area contributed by atoms with E-state index in [4.69, 9.17) is 27.9 Å². The molecule has 2 fully saturated rings. The minimum absolute atomic E-state index is 0.243. The van der Waals surface area contributed by atoms with Crippen molar-refractivity contribution >= 4 is 52.6 Å². The first-order chi connectivity index (χ1) is 26.1. The van der Waals surface area contributed by atoms with Gasteiger partial charge in [-0.3, -0.25) is 19.2 Å². The lowest BCUT2D eigenvalue weighted by Gasteiger charge is -2.37. The molecular weight excluding hydrogens is 729 g/mol. The zero-order valence-corrected chi connectivity index (χ0v) is 32.4. The number of carbonyl (C=O) groups excluding carboxylic acids is 2. The quantitative estimate of drug-likeness (QED) is 0.107. The number of hydrogen-bond donors (Lipinski definition) is 2. The van der Waals surface area contributed by atoms with Crippen LogP contribution in [0.15, 0.2) is 78.9 Å². The van der Waals surface area contributed by atoms with Crippen molar-refractivity contribution in [2.45, 2.75) is 64.2 Å². The maximum Gasteiger partial charge on any atom is 0.316 e. The number of aryl methyl sites for hydroxylation is 2. The Morgan fingerprint density at radius 3 is 1.41 bits per heavy atom. The molecule has 0 aliphatic carbocycles. The number of carboxylic acids is 2. The summed E-state index contributed by atoms with van der Waals surface area (Å²) < 4.78 is 5.20. The van der Waals surface area contributed by atoms with Crippen LogP contribution < -0.4 is 4.90 Å². The fourth-order valence-corrected chi connectivity index (χ4v) is 7.02. The first kappa shape index (κ1) is 42.6. The summed E-state index contributed by atoms with van der Waals surface area (Å²) in [6.07, 6.45) is 7.89. The second kappa shape index (κ2) is 22.9. The van der Waals surface area contributed by atoms with Crippen LogP contribution in [-0.4, -0.2) is 96.2 Å². The minimum atomic E-state index is -1.02. The highest BCUT2D eigenvalue weighted by molar-refractivity contribution is 6.30. The Labute approximate surface area is 329 Å². The topological polar surface area (TPSA) is 128 Å². The van der Waals surface area contributed by atoms with Crippen molar-refractivity contribution in [2.24, 2.45) is 11.8 Å². The molecule has 0 saturated carbocycles. The van der Waals surface area contributed by atoms with Crippen LogP contribution in [0.1, 0.15) is 62.5 Å². The molecule has 2 atom stereocenters. The van der Waals surface area contributed by atoms with E-state index in [1.54, 1.807) is 9.80 Å². The van der Waals surface area contributed by atoms with E-state index >= 15 is 0 Å². The number of hydrogen-bond acceptors (Lipinski definition) is 6. The Morgan fingerprint density at radius 2 is 0.981 bits per heavy atom. The Kier molecular flexibility index (Phi) is 18.1. The second-order valence-corrected chi connectivity index (χ2v) is 14.7. The molecule has 0 aromatic heterocycles. The summed E-state index contributed by atoms with van der Waals surface area (Å²) in [5, 5.41) is 20.4. The third-order valence-corrected chi connectivity index (χ3v) is 10.5. The SMILES string of the molecule is O=C(O)C(CCCCCc1ccc(Cl)cc1)C(=O)N1CCN(c2ccccc2)CC1.O=C(O)C(CCCCCc1ccc(Cl)cc1)C(=O)N1CCOCC1. The number of ether oxygens (including phenoxy) is 1. The number of aliphatic carboxylic acids is 2. The predicted octanol–water partition coefficient (Wildman–Crippen LogP) is 7.50. The summed E-state index contributed by atoms with van der Waals surface area (Å²) >= 11 is 11.8. The Hall–Kier alpha value is -4.12. The number of anilines is 1. The van der Waals surface area contributed by atoms with Gasteiger partial charge in [0.15, 0.2) is 0 Å². The van der Waals surface area contributed by atoms with E-state index in [1.165, 1.54) is 11.1 Å². The monoisotopic (exact) mass is 781 g/mol. The van der Waals surface area contributed by atoms with Crippen LogP contribution in [0, 0.1) is 11.8 Å². The molecule has 3 aromatic carbocycles. The molecule has 3 aromatic rings. The molecular formula is C42H53Cl2N3O7. The zero-order chi connectivity index (χ0) is 38.7. The number of para-hydroxylation sites is 1. The van der Waals surface area contributed by atoms with E-state index in [2.05, 4.69) is 17.0 Å². The normalized spacial score (nSPS) is 15.5. The molecule has 0 bridgehead atoms. The minimum Gasteiger partial charge on any atom is -0.481 e. The fraction of sp³-hybridized carbons (Fsp3) is 0.476. The Balaban J connectivity index is 0.000000247. The molecule has 2 amide bonds. The van der Waals surface area contributed by atoms with Crippen molar-refractivity contribution < 1.29 is 34.1 Å². The summed E-state index contributed by atoms with van der Waals surface area (Å²) in [6.45, 7) is 4.52. The summed E-state index contributed by atoms with van der Waals surface area (Å²) in [5.74, 6) is -4.42. The van der Waals surface area contributed by atoms with Gasteiger partial charge in [0.05, 0.1) is 13.2 Å². The standard InChI is InChI=1S/C24H29ClN2O3.C18H24ClNO4/c25-20-13-11-19(12-14-20)7-3-1-6-10-22(24(29)30)23(28)27-17-15-26(16-18-27)21-8-4-2-5-9-21;19-15-8-6-14(7-9-15)4-2-1-3-5-16(18(22)23)17(21)20-10-12-24-13-11-20/h2,4-5,8-9,11-14,22H,1,3,6-7,10,15-18H2,(H,29,30);6-9,16H,1-5,10-13H2,(H,22,23). The van der Waals surface area contributed by atoms with Crippen LogP contribution in [0.5, 0.6) is 0 Å². The second-order valence-electron chi connectivity index (χ2n) is 13.8. The van der Waals surface area contributed by atoms with Gasteiger partial charge in [-0.2, -0.15) is 0 Å². The largest absolute Gasteiger partial charge is 0.481 e. The predicted molar refractivity (Wildman–Crippen MR) is 212 cm³/mol. The molecule has 2 heterocycles. The number of halogens is 2. The number of benzene rings is 3. The molecule has 292 valence electrons. The molecule has 5 rings (SSSR count). The van der Waals surface area contributed by atoms with Gasteiger partial charge in [-0.05, 0) is 86.1 Å². The number of rotatable bonds is 17. The van der Waals surface area contributed by atoms with Gasteiger partial charge >= 0.3 is 11.9 Å². The van der Waals surface area contributed by atoms with Gasteiger partial charge in [0.25, 0.3) is 0 Å². The van der Waals surface area contributed by atoms with E-state index < -0.39 is 23.8 Å². The molecule has 12 heteroatoms. The van der Waals surface area contributed by atoms with E-state index in [0.717, 1.165) is 80.2 Å². The first-order valence-electron chi connectivity index (χ1n) is 19.0. The molecule has 2 unspecified atom stereocenters. The Bertz CT molecular complexity index is 1590. The number of amides is 2. The average molecular weight is 783 g/mol. The van der Waals surface area contributed by atoms with E-state index in [0.29, 0.717) is 52.2 Å². The van der Waals surface area contributed by atoms with Crippen molar-refractivity contribution in [3.05, 3.63) is 100 Å². The van der Waals surface area contributed by atoms with Gasteiger partial charge in [0, 0.05) is 55.0 Å². The molecule has 0 radical (unpaired) electrons. The Morgan fingerprint density at radius 1 is 0.556 bits per heavy atom. The van der Waals surface area contributed by atoms with Crippen LogP contribution in [0.25, 0.3) is 0 Å². The van der Waals surface area contributed by atoms with Gasteiger partial charge in [-0.25, -0.2) is 0 Å². The van der Waals surface area contributed by atoms with Gasteiger partial charge in [-0.1, -0.05) is 91.3 Å². The van der Waals surface area contributed by atoms with Crippen molar-refractivity contribution in [2.75, 3.05) is 57.4 Å². The number of unbranched alkanes of at least 4 members (excludes halogenated alkanes) is 4. The number of nitrogens with zero attached hydrogens (tertiary/aromatic N) is 3. The highest BCUT2D eigenvalue weighted by atomic mass is 35.5. The molecule has 2 saturated heterocycles. The van der Waals surface area contributed by atoms with E-state index in [-0.39, 0.29) is 11.8 Å². The lowest BCUT2D eigenvalue weighted by Crippen LogP contribution is -2.51. The van der Waals surface area contributed by atoms with Crippen molar-refractivity contribution in [3.8, 4) is 0 Å². The maximum absolute atomic E-state index is 12.8. The van der Waals surface area contributed by atoms with Crippen LogP contribution in [-0.2, 0) is 36.8 Å². The van der Waals surface area contributed by atoms with Crippen molar-refractivity contribution in [1.82, 2.24) is 9.80 Å². The van der Waals surface area contributed by atoms with E-state index in [9.17, 15) is 29.4 Å². The molecule has 2 N–H and O–H groups in total. The van der Waals surface area contributed by atoms with Crippen LogP contribution in [0.4, 0.5) is 5.69 Å². The summed E-state index contributed by atoms with van der Waals surface area (Å²) in [5.41, 5.74) is 3.58. The third-order valence-electron chi connectivity index (χ3n) is 9.97.